The number of anilines is 1. The maximum Gasteiger partial charge on any atom is 0.288 e. The summed E-state index contributed by atoms with van der Waals surface area (Å²) in [5, 5.41) is 13.4. The van der Waals surface area contributed by atoms with Crippen molar-refractivity contribution in [1.29, 1.82) is 0 Å². The number of aromatic nitrogens is 1. The number of carbonyl (C=O) groups is 1. The highest BCUT2D eigenvalue weighted by atomic mass is 79.9. The average Bonchev–Trinajstić information content (AvgIpc) is 2.46. The van der Waals surface area contributed by atoms with Crippen molar-refractivity contribution < 1.29 is 14.1 Å². The summed E-state index contributed by atoms with van der Waals surface area (Å²) in [6, 6.07) is 5.52. The van der Waals surface area contributed by atoms with Crippen LogP contribution in [-0.4, -0.2) is 15.8 Å². The smallest absolute Gasteiger partial charge is 0.288 e. The largest absolute Gasteiger partial charge is 0.368 e. The maximum atomic E-state index is 12.9. The van der Waals surface area contributed by atoms with Crippen LogP contribution < -0.4 is 11.1 Å². The highest BCUT2D eigenvalue weighted by Gasteiger charge is 2.20. The number of benzene rings is 1. The Hall–Kier alpha value is -2.55. The minimum absolute atomic E-state index is 0.199. The lowest BCUT2D eigenvalue weighted by molar-refractivity contribution is -0.385. The van der Waals surface area contributed by atoms with E-state index in [0.717, 1.165) is 6.20 Å². The third kappa shape index (κ3) is 3.55. The Bertz CT molecular complexity index is 724. The van der Waals surface area contributed by atoms with Crippen molar-refractivity contribution in [3.8, 4) is 0 Å². The topological polar surface area (TPSA) is 111 Å². The van der Waals surface area contributed by atoms with Crippen LogP contribution in [0.3, 0.4) is 0 Å². The quantitative estimate of drug-likeness (QED) is 0.622. The van der Waals surface area contributed by atoms with Gasteiger partial charge >= 0.3 is 0 Å². The van der Waals surface area contributed by atoms with Crippen LogP contribution in [0.1, 0.15) is 11.6 Å². The van der Waals surface area contributed by atoms with E-state index in [0.29, 0.717) is 10.0 Å². The molecule has 22 heavy (non-hydrogen) atoms. The average molecular weight is 369 g/mol. The van der Waals surface area contributed by atoms with E-state index < -0.39 is 22.7 Å². The van der Waals surface area contributed by atoms with Gasteiger partial charge in [-0.3, -0.25) is 14.9 Å². The van der Waals surface area contributed by atoms with Gasteiger partial charge < -0.3 is 11.1 Å². The van der Waals surface area contributed by atoms with Crippen molar-refractivity contribution >= 4 is 33.3 Å². The summed E-state index contributed by atoms with van der Waals surface area (Å²) < 4.78 is 13.2. The molecule has 2 rings (SSSR count). The molecule has 1 heterocycles. The van der Waals surface area contributed by atoms with E-state index in [4.69, 9.17) is 5.73 Å². The SMILES string of the molecule is NC(=O)C(Nc1ncc([N+](=O)[O-])cc1Br)c1ccc(F)cc1. The molecule has 0 saturated carbocycles. The molecule has 1 aromatic carbocycles. The Balaban J connectivity index is 2.30. The molecule has 0 aliphatic carbocycles. The predicted octanol–water partition coefficient (Wildman–Crippen LogP) is 2.53. The fourth-order valence-electron chi connectivity index (χ4n) is 1.74. The van der Waals surface area contributed by atoms with Gasteiger partial charge in [-0.25, -0.2) is 9.37 Å². The van der Waals surface area contributed by atoms with Gasteiger partial charge in [-0.15, -0.1) is 0 Å². The van der Waals surface area contributed by atoms with E-state index in [-0.39, 0.29) is 11.5 Å². The number of nitrogens with zero attached hydrogens (tertiary/aromatic N) is 2. The van der Waals surface area contributed by atoms with Gasteiger partial charge in [0.2, 0.25) is 5.91 Å². The van der Waals surface area contributed by atoms with Crippen LogP contribution in [0, 0.1) is 15.9 Å². The van der Waals surface area contributed by atoms with Gasteiger partial charge in [0.25, 0.3) is 5.69 Å². The zero-order chi connectivity index (χ0) is 16.3. The fourth-order valence-corrected chi connectivity index (χ4v) is 2.20. The third-order valence-electron chi connectivity index (χ3n) is 2.81. The van der Waals surface area contributed by atoms with Gasteiger partial charge in [-0.1, -0.05) is 12.1 Å². The van der Waals surface area contributed by atoms with Crippen LogP contribution in [0.5, 0.6) is 0 Å². The van der Waals surface area contributed by atoms with Crippen molar-refractivity contribution in [3.63, 3.8) is 0 Å². The van der Waals surface area contributed by atoms with Gasteiger partial charge in [0.15, 0.2) is 0 Å². The summed E-state index contributed by atoms with van der Waals surface area (Å²) in [6.45, 7) is 0. The molecule has 0 spiro atoms. The maximum absolute atomic E-state index is 12.9. The Kier molecular flexibility index (Phi) is 4.66. The summed E-state index contributed by atoms with van der Waals surface area (Å²) in [5.41, 5.74) is 5.58. The molecular weight excluding hydrogens is 359 g/mol. The number of hydrogen-bond donors (Lipinski definition) is 2. The highest BCUT2D eigenvalue weighted by Crippen LogP contribution is 2.27. The Labute approximate surface area is 132 Å². The number of pyridine rings is 1. The first kappa shape index (κ1) is 15.8. The lowest BCUT2D eigenvalue weighted by atomic mass is 10.1. The van der Waals surface area contributed by atoms with Crippen molar-refractivity contribution in [2.75, 3.05) is 5.32 Å². The summed E-state index contributed by atoms with van der Waals surface area (Å²) >= 11 is 3.14. The van der Waals surface area contributed by atoms with E-state index in [1.807, 2.05) is 0 Å². The van der Waals surface area contributed by atoms with E-state index in [1.54, 1.807) is 0 Å². The zero-order valence-corrected chi connectivity index (χ0v) is 12.6. The first-order valence-electron chi connectivity index (χ1n) is 5.99. The molecule has 2 aromatic rings. The normalized spacial score (nSPS) is 11.7. The number of nitrogens with one attached hydrogen (secondary N) is 1. The number of carbonyl (C=O) groups excluding carboxylic acids is 1. The van der Waals surface area contributed by atoms with Crippen LogP contribution in [0.4, 0.5) is 15.9 Å². The molecule has 1 unspecified atom stereocenters. The lowest BCUT2D eigenvalue weighted by Gasteiger charge is -2.17. The number of primary amides is 1. The standard InChI is InChI=1S/C13H10BrFN4O3/c14-10-5-9(19(21)22)6-17-13(10)18-11(12(16)20)7-1-3-8(15)4-2-7/h1-6,11H,(H2,16,20)(H,17,18). The van der Waals surface area contributed by atoms with Crippen LogP contribution in [0.2, 0.25) is 0 Å². The minimum Gasteiger partial charge on any atom is -0.368 e. The number of nitro groups is 1. The van der Waals surface area contributed by atoms with Gasteiger partial charge in [-0.05, 0) is 33.6 Å². The number of rotatable bonds is 5. The Morgan fingerprint density at radius 1 is 1.41 bits per heavy atom. The first-order chi connectivity index (χ1) is 10.4. The molecule has 1 amide bonds. The molecule has 1 atom stereocenters. The van der Waals surface area contributed by atoms with Crippen molar-refractivity contribution in [2.45, 2.75) is 6.04 Å². The molecule has 1 aromatic heterocycles. The van der Waals surface area contributed by atoms with Crippen molar-refractivity contribution in [2.24, 2.45) is 5.73 Å². The first-order valence-corrected chi connectivity index (χ1v) is 6.79. The molecule has 3 N–H and O–H groups in total. The molecule has 0 bridgehead atoms. The molecule has 0 saturated heterocycles. The zero-order valence-electron chi connectivity index (χ0n) is 11.0. The molecule has 0 radical (unpaired) electrons. The molecule has 7 nitrogen and oxygen atoms in total. The summed E-state index contributed by atoms with van der Waals surface area (Å²) in [4.78, 5) is 25.5. The highest BCUT2D eigenvalue weighted by molar-refractivity contribution is 9.10. The van der Waals surface area contributed by atoms with Crippen LogP contribution in [0.25, 0.3) is 0 Å². The van der Waals surface area contributed by atoms with Crippen LogP contribution in [-0.2, 0) is 4.79 Å². The van der Waals surface area contributed by atoms with Crippen LogP contribution >= 0.6 is 15.9 Å². The number of halogens is 2. The molecule has 114 valence electrons. The second kappa shape index (κ2) is 6.48. The molecule has 0 aliphatic heterocycles. The van der Waals surface area contributed by atoms with Crippen molar-refractivity contribution in [3.05, 3.63) is 62.5 Å². The number of nitrogens with two attached hydrogens (primary N) is 1. The van der Waals surface area contributed by atoms with E-state index in [1.165, 1.54) is 30.3 Å². The molecule has 0 fully saturated rings. The van der Waals surface area contributed by atoms with Gasteiger partial charge in [0.1, 0.15) is 23.9 Å². The Morgan fingerprint density at radius 2 is 2.05 bits per heavy atom. The fraction of sp³-hybridized carbons (Fsp3) is 0.0769. The summed E-state index contributed by atoms with van der Waals surface area (Å²) in [7, 11) is 0. The van der Waals surface area contributed by atoms with E-state index in [2.05, 4.69) is 26.2 Å². The van der Waals surface area contributed by atoms with E-state index in [9.17, 15) is 19.3 Å². The summed E-state index contributed by atoms with van der Waals surface area (Å²) in [5.74, 6) is -0.931. The van der Waals surface area contributed by atoms with Crippen LogP contribution in [0.15, 0.2) is 41.0 Å². The van der Waals surface area contributed by atoms with Gasteiger partial charge in [0.05, 0.1) is 9.40 Å². The minimum atomic E-state index is -0.953. The molecule has 9 heteroatoms. The predicted molar refractivity (Wildman–Crippen MR) is 80.5 cm³/mol. The number of hydrogen-bond acceptors (Lipinski definition) is 5. The van der Waals surface area contributed by atoms with E-state index >= 15 is 0 Å². The number of amides is 1. The van der Waals surface area contributed by atoms with Gasteiger partial charge in [-0.2, -0.15) is 0 Å². The third-order valence-corrected chi connectivity index (χ3v) is 3.41. The Morgan fingerprint density at radius 3 is 2.55 bits per heavy atom. The lowest BCUT2D eigenvalue weighted by Crippen LogP contribution is -2.28. The van der Waals surface area contributed by atoms with Gasteiger partial charge in [0, 0.05) is 6.07 Å². The second-order valence-electron chi connectivity index (χ2n) is 4.31. The second-order valence-corrected chi connectivity index (χ2v) is 5.17. The molecular formula is C13H10BrFN4O3. The monoisotopic (exact) mass is 368 g/mol. The summed E-state index contributed by atoms with van der Waals surface area (Å²) in [6.07, 6.45) is 1.05. The molecule has 0 aliphatic rings. The van der Waals surface area contributed by atoms with Crippen molar-refractivity contribution in [1.82, 2.24) is 4.98 Å².